The minimum atomic E-state index is -0.551. The molecule has 1 aromatic rings. The van der Waals surface area contributed by atoms with E-state index >= 15 is 0 Å². The van der Waals surface area contributed by atoms with Crippen molar-refractivity contribution in [2.24, 2.45) is 17.8 Å². The first kappa shape index (κ1) is 15.1. The average Bonchev–Trinajstić information content (AvgIpc) is 2.72. The van der Waals surface area contributed by atoms with E-state index in [9.17, 15) is 10.2 Å². The van der Waals surface area contributed by atoms with Gasteiger partial charge in [-0.1, -0.05) is 0 Å². The molecule has 1 saturated carbocycles. The molecule has 106 valence electrons. The van der Waals surface area contributed by atoms with Crippen molar-refractivity contribution in [3.05, 3.63) is 30.3 Å². The van der Waals surface area contributed by atoms with Crippen LogP contribution in [0.5, 0.6) is 0 Å². The second kappa shape index (κ2) is 6.41. The van der Waals surface area contributed by atoms with Gasteiger partial charge in [-0.15, -0.1) is 0 Å². The zero-order valence-corrected chi connectivity index (χ0v) is 13.5. The van der Waals surface area contributed by atoms with Gasteiger partial charge in [0.05, 0.1) is 0 Å². The van der Waals surface area contributed by atoms with Crippen LogP contribution < -0.4 is 4.46 Å². The van der Waals surface area contributed by atoms with Gasteiger partial charge in [0.15, 0.2) is 0 Å². The summed E-state index contributed by atoms with van der Waals surface area (Å²) in [7, 11) is 0. The molecular weight excluding hydrogens is 303 g/mol. The molecule has 1 aromatic carbocycles. The molecule has 0 spiro atoms. The van der Waals surface area contributed by atoms with Gasteiger partial charge in [0.2, 0.25) is 0 Å². The summed E-state index contributed by atoms with van der Waals surface area (Å²) in [6.45, 7) is 4.31. The van der Waals surface area contributed by atoms with E-state index in [1.165, 1.54) is 4.46 Å². The van der Waals surface area contributed by atoms with Crippen molar-refractivity contribution in [3.63, 3.8) is 0 Å². The van der Waals surface area contributed by atoms with Crippen molar-refractivity contribution in [2.75, 3.05) is 6.61 Å². The van der Waals surface area contributed by atoms with Gasteiger partial charge >= 0.3 is 122 Å². The van der Waals surface area contributed by atoms with E-state index in [-0.39, 0.29) is 6.61 Å². The van der Waals surface area contributed by atoms with Crippen molar-refractivity contribution in [2.45, 2.75) is 37.6 Å². The van der Waals surface area contributed by atoms with Gasteiger partial charge in [0.1, 0.15) is 0 Å². The van der Waals surface area contributed by atoms with Gasteiger partial charge in [-0.25, -0.2) is 0 Å². The number of benzene rings is 1. The van der Waals surface area contributed by atoms with Crippen molar-refractivity contribution < 1.29 is 10.2 Å². The molecule has 0 amide bonds. The predicted molar refractivity (Wildman–Crippen MR) is 79.7 cm³/mol. The summed E-state index contributed by atoms with van der Waals surface area (Å²) in [5.41, 5.74) is -0.551. The summed E-state index contributed by atoms with van der Waals surface area (Å²) in [6, 6.07) is 10.6. The second-order valence-corrected chi connectivity index (χ2v) is 8.24. The van der Waals surface area contributed by atoms with Gasteiger partial charge in [0, 0.05) is 0 Å². The Morgan fingerprint density at radius 2 is 2.05 bits per heavy atom. The van der Waals surface area contributed by atoms with E-state index in [0.29, 0.717) is 32.7 Å². The second-order valence-electron chi connectivity index (χ2n) is 5.95. The fraction of sp³-hybridized carbons (Fsp3) is 0.625. The molecule has 0 aliphatic heterocycles. The molecule has 0 radical (unpaired) electrons. The SMILES string of the molecule is C[C@@H](CO)[C@H]1CC[C@@](C)(O)[C@H]1C[Se]c1ccccc1. The van der Waals surface area contributed by atoms with Crippen molar-refractivity contribution in [3.8, 4) is 0 Å². The third kappa shape index (κ3) is 3.60. The van der Waals surface area contributed by atoms with E-state index < -0.39 is 5.60 Å². The molecule has 2 N–H and O–H groups in total. The Balaban J connectivity index is 2.02. The summed E-state index contributed by atoms with van der Waals surface area (Å²) < 4.78 is 1.40. The van der Waals surface area contributed by atoms with Crippen LogP contribution in [0.25, 0.3) is 0 Å². The fourth-order valence-corrected chi connectivity index (χ4v) is 5.91. The van der Waals surface area contributed by atoms with Crippen LogP contribution in [-0.2, 0) is 0 Å². The van der Waals surface area contributed by atoms with Gasteiger partial charge in [-0.2, -0.15) is 0 Å². The van der Waals surface area contributed by atoms with Crippen LogP contribution in [-0.4, -0.2) is 37.4 Å². The first-order chi connectivity index (χ1) is 9.04. The Morgan fingerprint density at radius 3 is 2.68 bits per heavy atom. The standard InChI is InChI=1S/C16H24O2Se/c1-12(10-17)14-8-9-16(2,18)15(14)11-19-13-6-4-3-5-7-13/h3-7,12,14-15,17-18H,8-11H2,1-2H3/t12-,14+,15-,16+/m0/s1. The topological polar surface area (TPSA) is 40.5 Å². The molecule has 0 heterocycles. The number of hydrogen-bond acceptors (Lipinski definition) is 2. The number of rotatable bonds is 5. The molecule has 3 heteroatoms. The normalized spacial score (nSPS) is 32.4. The summed E-state index contributed by atoms with van der Waals surface area (Å²) >= 11 is 0.410. The van der Waals surface area contributed by atoms with E-state index in [1.54, 1.807) is 0 Å². The Bertz CT molecular complexity index is 391. The quantitative estimate of drug-likeness (QED) is 0.810. The molecule has 0 unspecified atom stereocenters. The Hall–Kier alpha value is -0.341. The molecule has 0 bridgehead atoms. The van der Waals surface area contributed by atoms with Gasteiger partial charge < -0.3 is 0 Å². The van der Waals surface area contributed by atoms with Gasteiger partial charge in [-0.05, 0) is 0 Å². The molecule has 0 aromatic heterocycles. The van der Waals surface area contributed by atoms with Crippen LogP contribution in [0, 0.1) is 17.8 Å². The molecule has 2 rings (SSSR count). The van der Waals surface area contributed by atoms with E-state index in [0.717, 1.165) is 18.2 Å². The van der Waals surface area contributed by atoms with Crippen LogP contribution in [0.3, 0.4) is 0 Å². The van der Waals surface area contributed by atoms with E-state index in [2.05, 4.69) is 31.2 Å². The first-order valence-electron chi connectivity index (χ1n) is 7.05. The number of aliphatic hydroxyl groups is 2. The zero-order chi connectivity index (χ0) is 13.9. The van der Waals surface area contributed by atoms with Gasteiger partial charge in [0.25, 0.3) is 0 Å². The monoisotopic (exact) mass is 328 g/mol. The Morgan fingerprint density at radius 1 is 1.37 bits per heavy atom. The minimum absolute atomic E-state index is 0.232. The van der Waals surface area contributed by atoms with E-state index in [4.69, 9.17) is 0 Å². The molecule has 1 aliphatic carbocycles. The summed E-state index contributed by atoms with van der Waals surface area (Å²) in [4.78, 5) is 0. The summed E-state index contributed by atoms with van der Waals surface area (Å²) in [5.74, 6) is 1.09. The van der Waals surface area contributed by atoms with Crippen molar-refractivity contribution >= 4 is 19.4 Å². The maximum absolute atomic E-state index is 10.6. The number of aliphatic hydroxyl groups excluding tert-OH is 1. The molecule has 1 aliphatic rings. The van der Waals surface area contributed by atoms with Crippen LogP contribution in [0.2, 0.25) is 5.32 Å². The molecule has 0 saturated heterocycles. The van der Waals surface area contributed by atoms with Crippen molar-refractivity contribution in [1.82, 2.24) is 0 Å². The summed E-state index contributed by atoms with van der Waals surface area (Å²) in [5, 5.41) is 21.0. The summed E-state index contributed by atoms with van der Waals surface area (Å²) in [6.07, 6.45) is 1.92. The third-order valence-electron chi connectivity index (χ3n) is 4.49. The third-order valence-corrected chi connectivity index (χ3v) is 6.86. The molecule has 1 fully saturated rings. The maximum atomic E-state index is 10.6. The molecule has 2 nitrogen and oxygen atoms in total. The Labute approximate surface area is 122 Å². The predicted octanol–water partition coefficient (Wildman–Crippen LogP) is 1.84. The fourth-order valence-electron chi connectivity index (χ4n) is 3.13. The van der Waals surface area contributed by atoms with Crippen LogP contribution in [0.15, 0.2) is 30.3 Å². The van der Waals surface area contributed by atoms with Crippen LogP contribution >= 0.6 is 0 Å². The van der Waals surface area contributed by atoms with E-state index in [1.807, 2.05) is 13.0 Å². The van der Waals surface area contributed by atoms with Crippen LogP contribution in [0.1, 0.15) is 26.7 Å². The molecule has 4 atom stereocenters. The first-order valence-corrected chi connectivity index (χ1v) is 9.12. The Kier molecular flexibility index (Phi) is 5.08. The molecule has 19 heavy (non-hydrogen) atoms. The van der Waals surface area contributed by atoms with Gasteiger partial charge in [-0.3, -0.25) is 0 Å². The van der Waals surface area contributed by atoms with Crippen LogP contribution in [0.4, 0.5) is 0 Å². The zero-order valence-electron chi connectivity index (χ0n) is 11.7. The van der Waals surface area contributed by atoms with Crippen molar-refractivity contribution in [1.29, 1.82) is 0 Å². The average molecular weight is 327 g/mol. The molecular formula is C16H24O2Se. The number of hydrogen-bond donors (Lipinski definition) is 2.